The molecule has 1 saturated carbocycles. The Labute approximate surface area is 148 Å². The van der Waals surface area contributed by atoms with E-state index < -0.39 is 0 Å². The first-order chi connectivity index (χ1) is 11.8. The van der Waals surface area contributed by atoms with Gasteiger partial charge in [0.25, 0.3) is 0 Å². The number of hydrogen-bond donors (Lipinski definition) is 1. The lowest BCUT2D eigenvalue weighted by atomic mass is 10.1. The Morgan fingerprint density at radius 2 is 2.12 bits per heavy atom. The van der Waals surface area contributed by atoms with E-state index in [9.17, 15) is 4.79 Å². The molecule has 0 radical (unpaired) electrons. The number of hydrogen-bond acceptors (Lipinski definition) is 4. The fourth-order valence-electron chi connectivity index (χ4n) is 3.68. The SMILES string of the molecule is N#C[C@@H]1CCCN1C(=O)CN[C@@H]1CC[C@H](CSc2ccccc2)C1. The number of carbonyl (C=O) groups excluding carboxylic acids is 1. The van der Waals surface area contributed by atoms with Gasteiger partial charge in [-0.05, 0) is 50.2 Å². The normalized spacial score (nSPS) is 26.5. The van der Waals surface area contributed by atoms with Crippen molar-refractivity contribution in [2.45, 2.75) is 49.1 Å². The zero-order valence-electron chi connectivity index (χ0n) is 14.0. The number of nitrogens with one attached hydrogen (secondary N) is 1. The van der Waals surface area contributed by atoms with Crippen LogP contribution in [-0.4, -0.2) is 41.7 Å². The molecule has 0 aromatic heterocycles. The van der Waals surface area contributed by atoms with Gasteiger partial charge in [0.2, 0.25) is 5.91 Å². The molecule has 1 N–H and O–H groups in total. The maximum Gasteiger partial charge on any atom is 0.237 e. The molecule has 3 rings (SSSR count). The van der Waals surface area contributed by atoms with Gasteiger partial charge in [-0.1, -0.05) is 18.2 Å². The highest BCUT2D eigenvalue weighted by Gasteiger charge is 2.30. The monoisotopic (exact) mass is 343 g/mol. The zero-order chi connectivity index (χ0) is 16.8. The second-order valence-corrected chi connectivity index (χ2v) is 7.85. The fraction of sp³-hybridized carbons (Fsp3) is 0.579. The highest BCUT2D eigenvalue weighted by molar-refractivity contribution is 7.99. The van der Waals surface area contributed by atoms with Crippen molar-refractivity contribution < 1.29 is 4.79 Å². The molecular formula is C19H25N3OS. The summed E-state index contributed by atoms with van der Waals surface area (Å²) in [6.07, 6.45) is 5.30. The Balaban J connectivity index is 1.37. The summed E-state index contributed by atoms with van der Waals surface area (Å²) < 4.78 is 0. The van der Waals surface area contributed by atoms with Gasteiger partial charge in [-0.2, -0.15) is 5.26 Å². The van der Waals surface area contributed by atoms with Gasteiger partial charge in [-0.3, -0.25) is 4.79 Å². The molecule has 0 unspecified atom stereocenters. The van der Waals surface area contributed by atoms with Crippen molar-refractivity contribution in [1.82, 2.24) is 10.2 Å². The van der Waals surface area contributed by atoms with E-state index in [1.807, 2.05) is 17.8 Å². The van der Waals surface area contributed by atoms with E-state index in [-0.39, 0.29) is 11.9 Å². The number of nitrogens with zero attached hydrogens (tertiary/aromatic N) is 2. The third kappa shape index (κ3) is 4.52. The Kier molecular flexibility index (Phi) is 6.17. The summed E-state index contributed by atoms with van der Waals surface area (Å²) in [6.45, 7) is 1.11. The van der Waals surface area contributed by atoms with Crippen LogP contribution in [-0.2, 0) is 4.79 Å². The first-order valence-corrected chi connectivity index (χ1v) is 9.85. The van der Waals surface area contributed by atoms with Crippen LogP contribution in [0.25, 0.3) is 0 Å². The third-order valence-corrected chi connectivity index (χ3v) is 6.28. The quantitative estimate of drug-likeness (QED) is 0.807. The van der Waals surface area contributed by atoms with Crippen LogP contribution in [0.3, 0.4) is 0 Å². The van der Waals surface area contributed by atoms with Gasteiger partial charge in [0, 0.05) is 23.2 Å². The molecule has 2 fully saturated rings. The van der Waals surface area contributed by atoms with Crippen molar-refractivity contribution in [3.63, 3.8) is 0 Å². The van der Waals surface area contributed by atoms with E-state index in [1.54, 1.807) is 4.90 Å². The second kappa shape index (κ2) is 8.55. The van der Waals surface area contributed by atoms with Crippen LogP contribution in [0.4, 0.5) is 0 Å². The van der Waals surface area contributed by atoms with Gasteiger partial charge in [-0.25, -0.2) is 0 Å². The minimum absolute atomic E-state index is 0.0844. The minimum atomic E-state index is -0.210. The smallest absolute Gasteiger partial charge is 0.237 e. The maximum absolute atomic E-state index is 12.3. The van der Waals surface area contributed by atoms with Crippen LogP contribution in [0, 0.1) is 17.2 Å². The van der Waals surface area contributed by atoms with Crippen LogP contribution >= 0.6 is 11.8 Å². The molecule has 3 atom stereocenters. The Morgan fingerprint density at radius 3 is 2.92 bits per heavy atom. The molecular weight excluding hydrogens is 318 g/mol. The standard InChI is InChI=1S/C19H25N3OS/c20-12-17-5-4-10-22(17)19(23)13-21-16-9-8-15(11-16)14-24-18-6-2-1-3-7-18/h1-3,6-7,15-17,21H,4-5,8-11,13-14H2/t15-,16+,17-/m0/s1. The van der Waals surface area contributed by atoms with Gasteiger partial charge >= 0.3 is 0 Å². The molecule has 1 heterocycles. The van der Waals surface area contributed by atoms with Gasteiger partial charge in [0.1, 0.15) is 6.04 Å². The van der Waals surface area contributed by atoms with E-state index in [1.165, 1.54) is 11.3 Å². The zero-order valence-corrected chi connectivity index (χ0v) is 14.8. The van der Waals surface area contributed by atoms with E-state index in [0.717, 1.165) is 43.9 Å². The molecule has 1 amide bonds. The van der Waals surface area contributed by atoms with E-state index >= 15 is 0 Å². The van der Waals surface area contributed by atoms with Crippen molar-refractivity contribution >= 4 is 17.7 Å². The molecule has 5 heteroatoms. The number of rotatable bonds is 6. The molecule has 1 aliphatic heterocycles. The van der Waals surface area contributed by atoms with E-state index in [0.29, 0.717) is 12.6 Å². The summed E-state index contributed by atoms with van der Waals surface area (Å²) in [7, 11) is 0. The Hall–Kier alpha value is -1.51. The van der Waals surface area contributed by atoms with Gasteiger partial charge < -0.3 is 10.2 Å². The molecule has 0 spiro atoms. The van der Waals surface area contributed by atoms with Gasteiger partial charge in [-0.15, -0.1) is 11.8 Å². The van der Waals surface area contributed by atoms with E-state index in [4.69, 9.17) is 5.26 Å². The largest absolute Gasteiger partial charge is 0.326 e. The van der Waals surface area contributed by atoms with E-state index in [2.05, 4.69) is 35.7 Å². The average molecular weight is 343 g/mol. The number of benzene rings is 1. The average Bonchev–Trinajstić information content (AvgIpc) is 3.28. The summed E-state index contributed by atoms with van der Waals surface area (Å²) in [5.74, 6) is 1.96. The molecule has 1 aromatic rings. The molecule has 1 saturated heterocycles. The highest BCUT2D eigenvalue weighted by Crippen LogP contribution is 2.31. The number of nitriles is 1. The van der Waals surface area contributed by atoms with Crippen molar-refractivity contribution in [3.05, 3.63) is 30.3 Å². The number of amides is 1. The molecule has 128 valence electrons. The molecule has 4 nitrogen and oxygen atoms in total. The topological polar surface area (TPSA) is 56.1 Å². The molecule has 2 aliphatic rings. The number of carbonyl (C=O) groups is 1. The summed E-state index contributed by atoms with van der Waals surface area (Å²) in [5.41, 5.74) is 0. The number of likely N-dealkylation sites (tertiary alicyclic amines) is 1. The highest BCUT2D eigenvalue weighted by atomic mass is 32.2. The minimum Gasteiger partial charge on any atom is -0.326 e. The van der Waals surface area contributed by atoms with Crippen molar-refractivity contribution in [2.75, 3.05) is 18.8 Å². The lowest BCUT2D eigenvalue weighted by Gasteiger charge is -2.21. The summed E-state index contributed by atoms with van der Waals surface area (Å²) in [4.78, 5) is 15.3. The number of thioether (sulfide) groups is 1. The molecule has 1 aliphatic carbocycles. The third-order valence-electron chi connectivity index (χ3n) is 5.03. The summed E-state index contributed by atoms with van der Waals surface area (Å²) in [5, 5.41) is 12.5. The first-order valence-electron chi connectivity index (χ1n) is 8.86. The maximum atomic E-state index is 12.3. The fourth-order valence-corrected chi connectivity index (χ4v) is 4.76. The summed E-state index contributed by atoms with van der Waals surface area (Å²) >= 11 is 1.93. The molecule has 0 bridgehead atoms. The first kappa shape index (κ1) is 17.3. The Morgan fingerprint density at radius 1 is 1.29 bits per heavy atom. The van der Waals surface area contributed by atoms with Crippen molar-refractivity contribution in [1.29, 1.82) is 5.26 Å². The van der Waals surface area contributed by atoms with Gasteiger partial charge in [0.15, 0.2) is 0 Å². The van der Waals surface area contributed by atoms with Crippen LogP contribution in [0.1, 0.15) is 32.1 Å². The predicted octanol–water partition coefficient (Wildman–Crippen LogP) is 3.05. The van der Waals surface area contributed by atoms with Crippen molar-refractivity contribution in [2.24, 2.45) is 5.92 Å². The summed E-state index contributed by atoms with van der Waals surface area (Å²) in [6, 6.07) is 13.0. The van der Waals surface area contributed by atoms with Crippen LogP contribution < -0.4 is 5.32 Å². The lowest BCUT2D eigenvalue weighted by Crippen LogP contribution is -2.42. The predicted molar refractivity (Wildman–Crippen MR) is 96.6 cm³/mol. The van der Waals surface area contributed by atoms with Crippen LogP contribution in [0.5, 0.6) is 0 Å². The molecule has 1 aromatic carbocycles. The lowest BCUT2D eigenvalue weighted by molar-refractivity contribution is -0.130. The second-order valence-electron chi connectivity index (χ2n) is 6.76. The van der Waals surface area contributed by atoms with Crippen molar-refractivity contribution in [3.8, 4) is 6.07 Å². The Bertz CT molecular complexity index is 586. The van der Waals surface area contributed by atoms with Crippen LogP contribution in [0.2, 0.25) is 0 Å². The van der Waals surface area contributed by atoms with Crippen LogP contribution in [0.15, 0.2) is 35.2 Å². The molecule has 24 heavy (non-hydrogen) atoms. The van der Waals surface area contributed by atoms with Gasteiger partial charge in [0.05, 0.1) is 12.6 Å².